The van der Waals surface area contributed by atoms with Gasteiger partial charge in [0.15, 0.2) is 0 Å². The van der Waals surface area contributed by atoms with Gasteiger partial charge in [0.25, 0.3) is 5.91 Å². The van der Waals surface area contributed by atoms with Crippen molar-refractivity contribution in [3.05, 3.63) is 63.8 Å². The Morgan fingerprint density at radius 2 is 1.96 bits per heavy atom. The summed E-state index contributed by atoms with van der Waals surface area (Å²) >= 11 is 7.05. The van der Waals surface area contributed by atoms with E-state index in [1.165, 1.54) is 11.3 Å². The Morgan fingerprint density at radius 3 is 2.62 bits per heavy atom. The number of nitrogens with zero attached hydrogens (tertiary/aromatic N) is 2. The van der Waals surface area contributed by atoms with Crippen LogP contribution in [0.15, 0.2) is 48.9 Å². The van der Waals surface area contributed by atoms with Gasteiger partial charge in [-0.25, -0.2) is 4.98 Å². The molecule has 3 N–H and O–H groups in total. The molecule has 2 aromatic heterocycles. The number of imidazole rings is 1. The van der Waals surface area contributed by atoms with Crippen LogP contribution in [0.3, 0.4) is 0 Å². The van der Waals surface area contributed by atoms with Gasteiger partial charge in [-0.3, -0.25) is 9.59 Å². The summed E-state index contributed by atoms with van der Waals surface area (Å²) in [5.74, 6) is -0.661. The van der Waals surface area contributed by atoms with Crippen LogP contribution in [-0.4, -0.2) is 33.1 Å². The minimum Gasteiger partial charge on any atom is -0.387 e. The van der Waals surface area contributed by atoms with Crippen LogP contribution in [0.25, 0.3) is 5.69 Å². The Balaban J connectivity index is 1.60. The SMILES string of the molecule is O=C(CO)Nc1ccc(-n2cnc(CNC(=O)c3ccc(Cl)s3)c2)cc1. The average Bonchev–Trinajstić information content (AvgIpc) is 3.29. The lowest BCUT2D eigenvalue weighted by Gasteiger charge is -2.05. The van der Waals surface area contributed by atoms with Crippen LogP contribution in [0.2, 0.25) is 4.34 Å². The fourth-order valence-corrected chi connectivity index (χ4v) is 3.17. The Labute approximate surface area is 158 Å². The first-order valence-corrected chi connectivity index (χ1v) is 8.82. The molecule has 0 unspecified atom stereocenters. The molecule has 0 aliphatic carbocycles. The number of thiophene rings is 1. The topological polar surface area (TPSA) is 96.2 Å². The third kappa shape index (κ3) is 4.48. The quantitative estimate of drug-likeness (QED) is 0.602. The van der Waals surface area contributed by atoms with Crippen LogP contribution in [0.1, 0.15) is 15.4 Å². The molecule has 0 fully saturated rings. The summed E-state index contributed by atoms with van der Waals surface area (Å²) < 4.78 is 2.37. The third-order valence-electron chi connectivity index (χ3n) is 3.46. The zero-order valence-corrected chi connectivity index (χ0v) is 15.0. The lowest BCUT2D eigenvalue weighted by Crippen LogP contribution is -2.21. The minimum absolute atomic E-state index is 0.194. The number of carbonyl (C=O) groups excluding carboxylic acids is 2. The molecule has 0 radical (unpaired) electrons. The first kappa shape index (κ1) is 18.1. The van der Waals surface area contributed by atoms with Crippen LogP contribution < -0.4 is 10.6 Å². The number of hydrogen-bond acceptors (Lipinski definition) is 5. The Morgan fingerprint density at radius 1 is 1.19 bits per heavy atom. The maximum atomic E-state index is 12.0. The van der Waals surface area contributed by atoms with Crippen LogP contribution in [0.4, 0.5) is 5.69 Å². The van der Waals surface area contributed by atoms with Crippen molar-refractivity contribution in [2.45, 2.75) is 6.54 Å². The second-order valence-corrected chi connectivity index (χ2v) is 7.03. The molecule has 2 amide bonds. The van der Waals surface area contributed by atoms with E-state index in [1.807, 2.05) is 18.3 Å². The average molecular weight is 391 g/mol. The maximum Gasteiger partial charge on any atom is 0.261 e. The standard InChI is InChI=1S/C17H15ClN4O3S/c18-15-6-5-14(26-15)17(25)19-7-12-8-22(10-20-12)13-3-1-11(2-4-13)21-16(24)9-23/h1-6,8,10,23H,7,9H2,(H,19,25)(H,21,24). The Bertz CT molecular complexity index is 920. The monoisotopic (exact) mass is 390 g/mol. The summed E-state index contributed by atoms with van der Waals surface area (Å²) in [6, 6.07) is 10.4. The van der Waals surface area contributed by atoms with Gasteiger partial charge in [-0.15, -0.1) is 11.3 Å². The van der Waals surface area contributed by atoms with Gasteiger partial charge in [0.1, 0.15) is 6.61 Å². The Hall–Kier alpha value is -2.68. The van der Waals surface area contributed by atoms with E-state index in [1.54, 1.807) is 35.2 Å². The fraction of sp³-hybridized carbons (Fsp3) is 0.118. The highest BCUT2D eigenvalue weighted by Gasteiger charge is 2.09. The number of halogens is 1. The van der Waals surface area contributed by atoms with Gasteiger partial charge in [0.05, 0.1) is 27.8 Å². The van der Waals surface area contributed by atoms with E-state index < -0.39 is 12.5 Å². The zero-order chi connectivity index (χ0) is 18.5. The molecule has 7 nitrogen and oxygen atoms in total. The van der Waals surface area contributed by atoms with Crippen molar-refractivity contribution in [1.29, 1.82) is 0 Å². The van der Waals surface area contributed by atoms with Crippen molar-refractivity contribution in [1.82, 2.24) is 14.9 Å². The van der Waals surface area contributed by atoms with E-state index in [0.717, 1.165) is 5.69 Å². The fourth-order valence-electron chi connectivity index (χ4n) is 2.21. The van der Waals surface area contributed by atoms with E-state index >= 15 is 0 Å². The second-order valence-electron chi connectivity index (χ2n) is 5.31. The van der Waals surface area contributed by atoms with Crippen LogP contribution in [0, 0.1) is 0 Å². The number of amides is 2. The van der Waals surface area contributed by atoms with Gasteiger partial charge < -0.3 is 20.3 Å². The number of anilines is 1. The van der Waals surface area contributed by atoms with Crippen molar-refractivity contribution in [3.63, 3.8) is 0 Å². The highest BCUT2D eigenvalue weighted by Crippen LogP contribution is 2.21. The van der Waals surface area contributed by atoms with E-state index in [-0.39, 0.29) is 5.91 Å². The molecule has 3 aromatic rings. The van der Waals surface area contributed by atoms with Gasteiger partial charge in [-0.1, -0.05) is 11.6 Å². The normalized spacial score (nSPS) is 10.5. The van der Waals surface area contributed by atoms with Crippen LogP contribution in [-0.2, 0) is 11.3 Å². The molecule has 0 saturated heterocycles. The van der Waals surface area contributed by atoms with Crippen molar-refractivity contribution in [3.8, 4) is 5.69 Å². The van der Waals surface area contributed by atoms with Crippen LogP contribution in [0.5, 0.6) is 0 Å². The molecule has 0 aliphatic heterocycles. The first-order valence-electron chi connectivity index (χ1n) is 7.62. The minimum atomic E-state index is -0.559. The number of carbonyl (C=O) groups is 2. The smallest absolute Gasteiger partial charge is 0.261 e. The first-order chi connectivity index (χ1) is 12.5. The molecule has 0 bridgehead atoms. The molecule has 0 spiro atoms. The summed E-state index contributed by atoms with van der Waals surface area (Å²) in [4.78, 5) is 28.0. The van der Waals surface area contributed by atoms with Crippen molar-refractivity contribution >= 4 is 40.4 Å². The number of hydrogen-bond donors (Lipinski definition) is 3. The molecule has 2 heterocycles. The molecule has 26 heavy (non-hydrogen) atoms. The molecule has 0 saturated carbocycles. The van der Waals surface area contributed by atoms with Crippen molar-refractivity contribution < 1.29 is 14.7 Å². The lowest BCUT2D eigenvalue weighted by atomic mass is 10.2. The number of aliphatic hydroxyl groups is 1. The molecule has 0 atom stereocenters. The van der Waals surface area contributed by atoms with Gasteiger partial charge in [0.2, 0.25) is 5.91 Å². The van der Waals surface area contributed by atoms with E-state index in [9.17, 15) is 9.59 Å². The maximum absolute atomic E-state index is 12.0. The third-order valence-corrected chi connectivity index (χ3v) is 4.69. The number of benzene rings is 1. The largest absolute Gasteiger partial charge is 0.387 e. The molecule has 1 aromatic carbocycles. The van der Waals surface area contributed by atoms with Gasteiger partial charge >= 0.3 is 0 Å². The van der Waals surface area contributed by atoms with Crippen LogP contribution >= 0.6 is 22.9 Å². The summed E-state index contributed by atoms with van der Waals surface area (Å²) in [6.07, 6.45) is 3.45. The molecular formula is C17H15ClN4O3S. The van der Waals surface area contributed by atoms with E-state index in [2.05, 4.69) is 15.6 Å². The van der Waals surface area contributed by atoms with Gasteiger partial charge in [0, 0.05) is 17.6 Å². The summed E-state index contributed by atoms with van der Waals surface area (Å²) in [5, 5.41) is 14.1. The predicted molar refractivity (Wildman–Crippen MR) is 99.8 cm³/mol. The number of aliphatic hydroxyl groups excluding tert-OH is 1. The molecule has 134 valence electrons. The van der Waals surface area contributed by atoms with Gasteiger partial charge in [-0.05, 0) is 36.4 Å². The Kier molecular flexibility index (Phi) is 5.67. The zero-order valence-electron chi connectivity index (χ0n) is 13.5. The molecule has 3 rings (SSSR count). The molecule has 0 aliphatic rings. The van der Waals surface area contributed by atoms with E-state index in [0.29, 0.717) is 27.1 Å². The highest BCUT2D eigenvalue weighted by atomic mass is 35.5. The summed E-state index contributed by atoms with van der Waals surface area (Å²) in [7, 11) is 0. The van der Waals surface area contributed by atoms with Gasteiger partial charge in [-0.2, -0.15) is 0 Å². The van der Waals surface area contributed by atoms with E-state index in [4.69, 9.17) is 16.7 Å². The lowest BCUT2D eigenvalue weighted by molar-refractivity contribution is -0.118. The molecular weight excluding hydrogens is 376 g/mol. The highest BCUT2D eigenvalue weighted by molar-refractivity contribution is 7.17. The summed E-state index contributed by atoms with van der Waals surface area (Å²) in [6.45, 7) is -0.262. The van der Waals surface area contributed by atoms with Crippen molar-refractivity contribution in [2.24, 2.45) is 0 Å². The predicted octanol–water partition coefficient (Wildman–Crippen LogP) is 2.45. The summed E-state index contributed by atoms with van der Waals surface area (Å²) in [5.41, 5.74) is 2.15. The number of aromatic nitrogens is 2. The number of rotatable bonds is 6. The number of nitrogens with one attached hydrogen (secondary N) is 2. The van der Waals surface area contributed by atoms with Crippen molar-refractivity contribution in [2.75, 3.05) is 11.9 Å². The molecule has 9 heteroatoms. The second kappa shape index (κ2) is 8.13.